The molecule has 3 fully saturated rings. The van der Waals surface area contributed by atoms with Gasteiger partial charge >= 0.3 is 0 Å². The van der Waals surface area contributed by atoms with Crippen molar-refractivity contribution in [2.24, 2.45) is 11.8 Å². The van der Waals surface area contributed by atoms with Gasteiger partial charge in [0.05, 0.1) is 12.7 Å². The average molecular weight is 330 g/mol. The lowest BCUT2D eigenvalue weighted by Gasteiger charge is -2.50. The Bertz CT molecular complexity index is 516. The van der Waals surface area contributed by atoms with Gasteiger partial charge in [-0.25, -0.2) is 0 Å². The summed E-state index contributed by atoms with van der Waals surface area (Å²) in [6.45, 7) is 5.23. The highest BCUT2D eigenvalue weighted by atomic mass is 16.5. The molecule has 2 aliphatic heterocycles. The first-order valence-corrected chi connectivity index (χ1v) is 9.48. The number of ether oxygens (including phenoxy) is 2. The van der Waals surface area contributed by atoms with E-state index in [-0.39, 0.29) is 0 Å². The fourth-order valence-corrected chi connectivity index (χ4v) is 4.84. The van der Waals surface area contributed by atoms with Crippen LogP contribution in [0.4, 0.5) is 0 Å². The van der Waals surface area contributed by atoms with Crippen molar-refractivity contribution in [2.45, 2.75) is 44.0 Å². The molecular formula is C20H30N2O2. The predicted molar refractivity (Wildman–Crippen MR) is 94.9 cm³/mol. The molecule has 4 nitrogen and oxygen atoms in total. The zero-order valence-electron chi connectivity index (χ0n) is 14.7. The topological polar surface area (TPSA) is 33.7 Å². The molecule has 1 aliphatic carbocycles. The van der Waals surface area contributed by atoms with Crippen molar-refractivity contribution in [2.75, 3.05) is 33.4 Å². The van der Waals surface area contributed by atoms with Gasteiger partial charge in [-0.15, -0.1) is 0 Å². The molecule has 132 valence electrons. The van der Waals surface area contributed by atoms with Crippen LogP contribution in [0.1, 0.15) is 24.8 Å². The highest BCUT2D eigenvalue weighted by molar-refractivity contribution is 5.14. The standard InChI is InChI=1S/C20H30N2O2/c1-23-14-18-19(17-9-12-24-20(17)18)21-16-7-10-22(11-8-16)13-15-5-3-2-4-6-15/h2-6,16-21H,7-14H2,1H3/t17-,18+,19+,20-/m1/s1. The predicted octanol–water partition coefficient (Wildman–Crippen LogP) is 2.29. The van der Waals surface area contributed by atoms with Gasteiger partial charge in [0.1, 0.15) is 0 Å². The number of likely N-dealkylation sites (tertiary alicyclic amines) is 1. The van der Waals surface area contributed by atoms with Crippen LogP contribution in [0.3, 0.4) is 0 Å². The second-order valence-electron chi connectivity index (χ2n) is 7.64. The van der Waals surface area contributed by atoms with Crippen molar-refractivity contribution >= 4 is 0 Å². The highest BCUT2D eigenvalue weighted by Crippen LogP contribution is 2.44. The summed E-state index contributed by atoms with van der Waals surface area (Å²) in [5, 5.41) is 3.96. The van der Waals surface area contributed by atoms with Crippen molar-refractivity contribution in [1.29, 1.82) is 0 Å². The van der Waals surface area contributed by atoms with Gasteiger partial charge in [0.25, 0.3) is 0 Å². The molecule has 0 amide bonds. The Balaban J connectivity index is 1.26. The summed E-state index contributed by atoms with van der Waals surface area (Å²) in [4.78, 5) is 2.59. The van der Waals surface area contributed by atoms with Crippen molar-refractivity contribution in [3.8, 4) is 0 Å². The van der Waals surface area contributed by atoms with Gasteiger partial charge in [0.2, 0.25) is 0 Å². The molecule has 1 saturated carbocycles. The van der Waals surface area contributed by atoms with Crippen LogP contribution in [-0.2, 0) is 16.0 Å². The van der Waals surface area contributed by atoms with E-state index >= 15 is 0 Å². The number of nitrogens with zero attached hydrogens (tertiary/aromatic N) is 1. The number of rotatable bonds is 6. The molecule has 2 saturated heterocycles. The van der Waals surface area contributed by atoms with Crippen LogP contribution in [0.5, 0.6) is 0 Å². The van der Waals surface area contributed by atoms with Crippen LogP contribution in [0, 0.1) is 11.8 Å². The molecule has 4 rings (SSSR count). The first kappa shape index (κ1) is 16.5. The van der Waals surface area contributed by atoms with E-state index in [2.05, 4.69) is 40.5 Å². The lowest BCUT2D eigenvalue weighted by Crippen LogP contribution is -2.64. The van der Waals surface area contributed by atoms with E-state index in [0.717, 1.165) is 19.8 Å². The molecule has 0 spiro atoms. The van der Waals surface area contributed by atoms with Gasteiger partial charge < -0.3 is 14.8 Å². The third-order valence-electron chi connectivity index (χ3n) is 6.15. The Morgan fingerprint density at radius 1 is 1.17 bits per heavy atom. The van der Waals surface area contributed by atoms with Gasteiger partial charge in [-0.1, -0.05) is 30.3 Å². The molecular weight excluding hydrogens is 300 g/mol. The molecule has 1 N–H and O–H groups in total. The lowest BCUT2D eigenvalue weighted by molar-refractivity contribution is -0.0882. The number of hydrogen-bond donors (Lipinski definition) is 1. The van der Waals surface area contributed by atoms with E-state index in [0.29, 0.717) is 30.0 Å². The molecule has 4 atom stereocenters. The Labute approximate surface area is 145 Å². The van der Waals surface area contributed by atoms with Gasteiger partial charge in [0, 0.05) is 44.2 Å². The Kier molecular flexibility index (Phi) is 5.18. The largest absolute Gasteiger partial charge is 0.384 e. The van der Waals surface area contributed by atoms with Crippen molar-refractivity contribution in [3.05, 3.63) is 35.9 Å². The fourth-order valence-electron chi connectivity index (χ4n) is 4.84. The zero-order chi connectivity index (χ0) is 16.4. The third-order valence-corrected chi connectivity index (χ3v) is 6.15. The van der Waals surface area contributed by atoms with E-state index in [4.69, 9.17) is 9.47 Å². The minimum Gasteiger partial charge on any atom is -0.384 e. The van der Waals surface area contributed by atoms with Crippen molar-refractivity contribution in [1.82, 2.24) is 10.2 Å². The first-order valence-electron chi connectivity index (χ1n) is 9.48. The molecule has 2 heterocycles. The molecule has 0 unspecified atom stereocenters. The van der Waals surface area contributed by atoms with Gasteiger partial charge in [-0.3, -0.25) is 4.90 Å². The maximum absolute atomic E-state index is 5.89. The van der Waals surface area contributed by atoms with Crippen LogP contribution in [0.2, 0.25) is 0 Å². The SMILES string of the molecule is COC[C@H]1[C@@H](NC2CCN(Cc3ccccc3)CC2)[C@H]2CCO[C@H]21. The van der Waals surface area contributed by atoms with Crippen LogP contribution < -0.4 is 5.32 Å². The summed E-state index contributed by atoms with van der Waals surface area (Å²) in [6, 6.07) is 12.1. The third kappa shape index (κ3) is 3.38. The Morgan fingerprint density at radius 3 is 2.71 bits per heavy atom. The van der Waals surface area contributed by atoms with Crippen LogP contribution in [0.25, 0.3) is 0 Å². The molecule has 24 heavy (non-hydrogen) atoms. The number of benzene rings is 1. The summed E-state index contributed by atoms with van der Waals surface area (Å²) < 4.78 is 11.3. The highest BCUT2D eigenvalue weighted by Gasteiger charge is 2.53. The lowest BCUT2D eigenvalue weighted by atomic mass is 9.66. The summed E-state index contributed by atoms with van der Waals surface area (Å²) in [6.07, 6.45) is 4.17. The second kappa shape index (κ2) is 7.52. The molecule has 0 bridgehead atoms. The summed E-state index contributed by atoms with van der Waals surface area (Å²) >= 11 is 0. The quantitative estimate of drug-likeness (QED) is 0.868. The molecule has 4 heteroatoms. The van der Waals surface area contributed by atoms with Gasteiger partial charge in [-0.05, 0) is 37.9 Å². The van der Waals surface area contributed by atoms with E-state index in [1.807, 2.05) is 0 Å². The molecule has 1 aromatic rings. The molecule has 0 aromatic heterocycles. The average Bonchev–Trinajstić information content (AvgIpc) is 3.04. The Morgan fingerprint density at radius 2 is 1.96 bits per heavy atom. The van der Waals surface area contributed by atoms with Crippen LogP contribution >= 0.6 is 0 Å². The van der Waals surface area contributed by atoms with Crippen LogP contribution in [-0.4, -0.2) is 56.5 Å². The Hall–Kier alpha value is -0.940. The van der Waals surface area contributed by atoms with Gasteiger partial charge in [0.15, 0.2) is 0 Å². The van der Waals surface area contributed by atoms with E-state index in [1.165, 1.54) is 37.9 Å². The smallest absolute Gasteiger partial charge is 0.0684 e. The first-order chi connectivity index (χ1) is 11.8. The minimum atomic E-state index is 0.445. The van der Waals surface area contributed by atoms with Gasteiger partial charge in [-0.2, -0.15) is 0 Å². The number of hydrogen-bond acceptors (Lipinski definition) is 4. The number of fused-ring (bicyclic) bond motifs is 1. The monoisotopic (exact) mass is 330 g/mol. The maximum Gasteiger partial charge on any atom is 0.0684 e. The zero-order valence-corrected chi connectivity index (χ0v) is 14.7. The normalized spacial score (nSPS) is 34.0. The van der Waals surface area contributed by atoms with Crippen molar-refractivity contribution < 1.29 is 9.47 Å². The maximum atomic E-state index is 5.89. The van der Waals surface area contributed by atoms with E-state index in [9.17, 15) is 0 Å². The summed E-state index contributed by atoms with van der Waals surface area (Å²) in [5.41, 5.74) is 1.43. The summed E-state index contributed by atoms with van der Waals surface area (Å²) in [5.74, 6) is 1.26. The second-order valence-corrected chi connectivity index (χ2v) is 7.64. The van der Waals surface area contributed by atoms with E-state index in [1.54, 1.807) is 7.11 Å². The number of methoxy groups -OCH3 is 1. The van der Waals surface area contributed by atoms with E-state index < -0.39 is 0 Å². The van der Waals surface area contributed by atoms with Crippen LogP contribution in [0.15, 0.2) is 30.3 Å². The van der Waals surface area contributed by atoms with Crippen molar-refractivity contribution in [3.63, 3.8) is 0 Å². The summed E-state index contributed by atoms with van der Waals surface area (Å²) in [7, 11) is 1.81. The number of nitrogens with one attached hydrogen (secondary N) is 1. The minimum absolute atomic E-state index is 0.445. The molecule has 3 aliphatic rings. The molecule has 0 radical (unpaired) electrons. The number of piperidine rings is 1. The molecule has 1 aromatic carbocycles. The fraction of sp³-hybridized carbons (Fsp3) is 0.700.